The number of halogens is 1. The van der Waals surface area contributed by atoms with Crippen molar-refractivity contribution in [3.63, 3.8) is 0 Å². The fourth-order valence-electron chi connectivity index (χ4n) is 1.85. The van der Waals surface area contributed by atoms with Crippen molar-refractivity contribution < 1.29 is 9.84 Å². The van der Waals surface area contributed by atoms with Gasteiger partial charge < -0.3 is 15.2 Å². The van der Waals surface area contributed by atoms with Gasteiger partial charge in [-0.25, -0.2) is 0 Å². The lowest BCUT2D eigenvalue weighted by Gasteiger charge is -2.20. The van der Waals surface area contributed by atoms with Crippen LogP contribution in [0.2, 0.25) is 0 Å². The standard InChI is InChI=1S/C14H22BrNO2/c1-10(2)13(9-17)16-7-6-11-8-12(15)4-5-14(11)18-3/h4-5,8,10,13,16-17H,6-7,9H2,1-3H3. The smallest absolute Gasteiger partial charge is 0.122 e. The number of hydrogen-bond donors (Lipinski definition) is 2. The zero-order valence-electron chi connectivity index (χ0n) is 11.2. The molecule has 1 atom stereocenters. The molecule has 0 aromatic heterocycles. The van der Waals surface area contributed by atoms with E-state index in [9.17, 15) is 5.11 Å². The van der Waals surface area contributed by atoms with Gasteiger partial charge >= 0.3 is 0 Å². The summed E-state index contributed by atoms with van der Waals surface area (Å²) in [4.78, 5) is 0. The predicted molar refractivity (Wildman–Crippen MR) is 78.1 cm³/mol. The quantitative estimate of drug-likeness (QED) is 0.812. The van der Waals surface area contributed by atoms with E-state index in [0.717, 1.165) is 23.2 Å². The lowest BCUT2D eigenvalue weighted by Crippen LogP contribution is -2.38. The summed E-state index contributed by atoms with van der Waals surface area (Å²) in [5.41, 5.74) is 1.17. The number of methoxy groups -OCH3 is 1. The summed E-state index contributed by atoms with van der Waals surface area (Å²) in [7, 11) is 1.69. The van der Waals surface area contributed by atoms with Crippen LogP contribution in [0, 0.1) is 5.92 Å². The number of aliphatic hydroxyl groups excluding tert-OH is 1. The lowest BCUT2D eigenvalue weighted by atomic mass is 10.0. The van der Waals surface area contributed by atoms with E-state index in [1.165, 1.54) is 5.56 Å². The average Bonchev–Trinajstić information content (AvgIpc) is 2.34. The number of aliphatic hydroxyl groups is 1. The van der Waals surface area contributed by atoms with Gasteiger partial charge in [-0.2, -0.15) is 0 Å². The highest BCUT2D eigenvalue weighted by atomic mass is 79.9. The summed E-state index contributed by atoms with van der Waals surface area (Å²) in [6.45, 7) is 5.21. The van der Waals surface area contributed by atoms with Gasteiger partial charge in [-0.1, -0.05) is 29.8 Å². The molecular weight excluding hydrogens is 294 g/mol. The molecule has 0 spiro atoms. The third-order valence-corrected chi connectivity index (χ3v) is 3.54. The van der Waals surface area contributed by atoms with Gasteiger partial charge in [-0.3, -0.25) is 0 Å². The molecule has 1 unspecified atom stereocenters. The van der Waals surface area contributed by atoms with Crippen LogP contribution in [-0.2, 0) is 6.42 Å². The van der Waals surface area contributed by atoms with Crippen LogP contribution in [-0.4, -0.2) is 31.4 Å². The van der Waals surface area contributed by atoms with Crippen molar-refractivity contribution in [2.45, 2.75) is 26.3 Å². The highest BCUT2D eigenvalue weighted by Crippen LogP contribution is 2.23. The van der Waals surface area contributed by atoms with Gasteiger partial charge in [0.2, 0.25) is 0 Å². The SMILES string of the molecule is COc1ccc(Br)cc1CCNC(CO)C(C)C. The molecule has 1 aromatic rings. The topological polar surface area (TPSA) is 41.5 Å². The third-order valence-electron chi connectivity index (χ3n) is 3.04. The molecule has 102 valence electrons. The minimum Gasteiger partial charge on any atom is -0.496 e. The molecule has 0 saturated carbocycles. The number of nitrogens with one attached hydrogen (secondary N) is 1. The fraction of sp³-hybridized carbons (Fsp3) is 0.571. The Morgan fingerprint density at radius 3 is 2.67 bits per heavy atom. The van der Waals surface area contributed by atoms with Crippen molar-refractivity contribution in [1.29, 1.82) is 0 Å². The van der Waals surface area contributed by atoms with E-state index in [0.29, 0.717) is 5.92 Å². The maximum Gasteiger partial charge on any atom is 0.122 e. The maximum absolute atomic E-state index is 9.24. The molecule has 0 fully saturated rings. The average molecular weight is 316 g/mol. The lowest BCUT2D eigenvalue weighted by molar-refractivity contribution is 0.211. The summed E-state index contributed by atoms with van der Waals surface area (Å²) in [6.07, 6.45) is 0.881. The van der Waals surface area contributed by atoms with Crippen LogP contribution >= 0.6 is 15.9 Å². The van der Waals surface area contributed by atoms with Crippen LogP contribution in [0.3, 0.4) is 0 Å². The van der Waals surface area contributed by atoms with Gasteiger partial charge in [-0.15, -0.1) is 0 Å². The van der Waals surface area contributed by atoms with E-state index in [1.807, 2.05) is 12.1 Å². The molecule has 3 nitrogen and oxygen atoms in total. The first-order chi connectivity index (χ1) is 8.58. The van der Waals surface area contributed by atoms with Crippen molar-refractivity contribution >= 4 is 15.9 Å². The minimum absolute atomic E-state index is 0.156. The normalized spacial score (nSPS) is 12.8. The first kappa shape index (κ1) is 15.5. The molecule has 4 heteroatoms. The Balaban J connectivity index is 2.55. The van der Waals surface area contributed by atoms with Gasteiger partial charge in [0, 0.05) is 10.5 Å². The Morgan fingerprint density at radius 1 is 1.39 bits per heavy atom. The van der Waals surface area contributed by atoms with E-state index in [1.54, 1.807) is 7.11 Å². The third kappa shape index (κ3) is 4.59. The highest BCUT2D eigenvalue weighted by Gasteiger charge is 2.11. The van der Waals surface area contributed by atoms with Crippen LogP contribution in [0.5, 0.6) is 5.75 Å². The summed E-state index contributed by atoms with van der Waals surface area (Å²) in [5, 5.41) is 12.6. The van der Waals surface area contributed by atoms with Crippen molar-refractivity contribution in [1.82, 2.24) is 5.32 Å². The highest BCUT2D eigenvalue weighted by molar-refractivity contribution is 9.10. The van der Waals surface area contributed by atoms with Crippen molar-refractivity contribution in [2.75, 3.05) is 20.3 Å². The Bertz CT molecular complexity index is 369. The summed E-state index contributed by atoms with van der Waals surface area (Å²) in [5.74, 6) is 1.34. The Labute approximate surface area is 118 Å². The van der Waals surface area contributed by atoms with Crippen LogP contribution in [0.15, 0.2) is 22.7 Å². The molecule has 2 N–H and O–H groups in total. The van der Waals surface area contributed by atoms with Crippen LogP contribution in [0.4, 0.5) is 0 Å². The molecule has 0 saturated heterocycles. The van der Waals surface area contributed by atoms with Crippen molar-refractivity contribution in [3.05, 3.63) is 28.2 Å². The van der Waals surface area contributed by atoms with E-state index >= 15 is 0 Å². The van der Waals surface area contributed by atoms with Gasteiger partial charge in [0.25, 0.3) is 0 Å². The first-order valence-corrected chi connectivity index (χ1v) is 7.04. The molecule has 1 rings (SSSR count). The molecule has 0 radical (unpaired) electrons. The second-order valence-electron chi connectivity index (χ2n) is 4.69. The van der Waals surface area contributed by atoms with E-state index in [2.05, 4.69) is 41.2 Å². The second kappa shape index (κ2) is 7.77. The van der Waals surface area contributed by atoms with Gasteiger partial charge in [0.1, 0.15) is 5.75 Å². The molecule has 0 heterocycles. The Morgan fingerprint density at radius 2 is 2.11 bits per heavy atom. The molecule has 0 aliphatic heterocycles. The van der Waals surface area contributed by atoms with E-state index < -0.39 is 0 Å². The Kier molecular flexibility index (Phi) is 6.68. The molecule has 0 aliphatic rings. The van der Waals surface area contributed by atoms with Crippen LogP contribution < -0.4 is 10.1 Å². The van der Waals surface area contributed by atoms with Gasteiger partial charge in [-0.05, 0) is 42.6 Å². The molecular formula is C14H22BrNO2. The Hall–Kier alpha value is -0.580. The monoisotopic (exact) mass is 315 g/mol. The second-order valence-corrected chi connectivity index (χ2v) is 5.61. The molecule has 1 aromatic carbocycles. The molecule has 0 aliphatic carbocycles. The van der Waals surface area contributed by atoms with Gasteiger partial charge in [0.05, 0.1) is 13.7 Å². The number of hydrogen-bond acceptors (Lipinski definition) is 3. The molecule has 18 heavy (non-hydrogen) atoms. The largest absolute Gasteiger partial charge is 0.496 e. The summed E-state index contributed by atoms with van der Waals surface area (Å²) >= 11 is 3.47. The van der Waals surface area contributed by atoms with Crippen LogP contribution in [0.1, 0.15) is 19.4 Å². The van der Waals surface area contributed by atoms with E-state index in [-0.39, 0.29) is 12.6 Å². The zero-order valence-corrected chi connectivity index (χ0v) is 12.8. The number of benzene rings is 1. The minimum atomic E-state index is 0.156. The number of ether oxygens (including phenoxy) is 1. The predicted octanol–water partition coefficient (Wildman–Crippen LogP) is 2.61. The fourth-order valence-corrected chi connectivity index (χ4v) is 2.25. The zero-order chi connectivity index (χ0) is 13.5. The van der Waals surface area contributed by atoms with Crippen molar-refractivity contribution in [3.8, 4) is 5.75 Å². The summed E-state index contributed by atoms with van der Waals surface area (Å²) in [6, 6.07) is 6.17. The first-order valence-electron chi connectivity index (χ1n) is 6.25. The van der Waals surface area contributed by atoms with Crippen molar-refractivity contribution in [2.24, 2.45) is 5.92 Å². The molecule has 0 bridgehead atoms. The number of rotatable bonds is 7. The van der Waals surface area contributed by atoms with Crippen LogP contribution in [0.25, 0.3) is 0 Å². The van der Waals surface area contributed by atoms with E-state index in [4.69, 9.17) is 4.74 Å². The maximum atomic E-state index is 9.24. The summed E-state index contributed by atoms with van der Waals surface area (Å²) < 4.78 is 6.39. The molecule has 0 amide bonds. The van der Waals surface area contributed by atoms with Gasteiger partial charge in [0.15, 0.2) is 0 Å².